The largest absolute Gasteiger partial charge is 0.573 e. The van der Waals surface area contributed by atoms with Crippen LogP contribution in [0.1, 0.15) is 16.1 Å². The lowest BCUT2D eigenvalue weighted by molar-refractivity contribution is -0.275. The Morgan fingerprint density at radius 2 is 2.11 bits per heavy atom. The number of carboxylic acids is 1. The molecule has 0 aliphatic carbocycles. The zero-order valence-electron chi connectivity index (χ0n) is 8.92. The van der Waals surface area contributed by atoms with Crippen molar-refractivity contribution in [3.05, 3.63) is 17.5 Å². The van der Waals surface area contributed by atoms with Gasteiger partial charge in [0.2, 0.25) is 5.75 Å². The van der Waals surface area contributed by atoms with Crippen molar-refractivity contribution in [2.75, 3.05) is 7.11 Å². The summed E-state index contributed by atoms with van der Waals surface area (Å²) in [6.07, 6.45) is -3.94. The van der Waals surface area contributed by atoms with E-state index in [1.807, 2.05) is 0 Å². The molecule has 0 aliphatic heterocycles. The molecule has 0 saturated heterocycles. The Bertz CT molecular complexity index is 464. The number of alkyl halides is 4. The lowest BCUT2D eigenvalue weighted by Gasteiger charge is -2.16. The number of hydrogen-bond donors (Lipinski definition) is 1. The summed E-state index contributed by atoms with van der Waals surface area (Å²) >= 11 is 3.02. The molecule has 1 rings (SSSR count). The van der Waals surface area contributed by atoms with Crippen molar-refractivity contribution in [2.45, 2.75) is 11.7 Å². The van der Waals surface area contributed by atoms with Gasteiger partial charge in [-0.2, -0.15) is 0 Å². The van der Waals surface area contributed by atoms with Crippen LogP contribution in [0.5, 0.6) is 11.5 Å². The van der Waals surface area contributed by atoms with Crippen molar-refractivity contribution in [1.29, 1.82) is 0 Å². The second kappa shape index (κ2) is 5.42. The number of hydrogen-bond acceptors (Lipinski definition) is 4. The Kier molecular flexibility index (Phi) is 4.38. The van der Waals surface area contributed by atoms with Crippen LogP contribution in [0.25, 0.3) is 0 Å². The first kappa shape index (κ1) is 14.6. The monoisotopic (exact) mass is 329 g/mol. The van der Waals surface area contributed by atoms with Gasteiger partial charge in [-0.15, -0.1) is 13.2 Å². The first-order valence-corrected chi connectivity index (χ1v) is 5.53. The Hall–Kier alpha value is -1.51. The van der Waals surface area contributed by atoms with E-state index in [9.17, 15) is 18.0 Å². The third-order valence-electron chi connectivity index (χ3n) is 1.83. The minimum absolute atomic E-state index is 0.136. The van der Waals surface area contributed by atoms with Crippen molar-refractivity contribution in [3.63, 3.8) is 0 Å². The Morgan fingerprint density at radius 3 is 2.50 bits per heavy atom. The highest BCUT2D eigenvalue weighted by Crippen LogP contribution is 2.37. The topological polar surface area (TPSA) is 68.7 Å². The van der Waals surface area contributed by atoms with E-state index in [4.69, 9.17) is 9.84 Å². The first-order valence-electron chi connectivity index (χ1n) is 4.41. The molecule has 1 N–H and O–H groups in total. The summed E-state index contributed by atoms with van der Waals surface area (Å²) in [5.74, 6) is -2.93. The lowest BCUT2D eigenvalue weighted by Crippen LogP contribution is -2.20. The summed E-state index contributed by atoms with van der Waals surface area (Å²) in [6.45, 7) is 0. The number of carbonyl (C=O) groups is 1. The molecule has 0 fully saturated rings. The number of carboxylic acid groups (broad SMARTS) is 1. The molecule has 0 saturated carbocycles. The van der Waals surface area contributed by atoms with Gasteiger partial charge in [-0.3, -0.25) is 0 Å². The minimum Gasteiger partial charge on any atom is -0.492 e. The lowest BCUT2D eigenvalue weighted by atomic mass is 10.2. The highest BCUT2D eigenvalue weighted by Gasteiger charge is 2.36. The number of rotatable bonds is 4. The molecule has 0 aliphatic rings. The molecular formula is C9H7BrF3NO4. The smallest absolute Gasteiger partial charge is 0.492 e. The van der Waals surface area contributed by atoms with E-state index in [-0.39, 0.29) is 16.6 Å². The number of ether oxygens (including phenoxy) is 2. The molecule has 9 heteroatoms. The zero-order chi connectivity index (χ0) is 13.9. The van der Waals surface area contributed by atoms with E-state index in [2.05, 4.69) is 25.7 Å². The summed E-state index contributed by atoms with van der Waals surface area (Å²) in [7, 11) is 1.11. The van der Waals surface area contributed by atoms with Gasteiger partial charge in [0.05, 0.1) is 7.11 Å². The van der Waals surface area contributed by atoms with Gasteiger partial charge >= 0.3 is 12.3 Å². The first-order chi connectivity index (χ1) is 8.30. The zero-order valence-corrected chi connectivity index (χ0v) is 10.5. The molecule has 1 heterocycles. The van der Waals surface area contributed by atoms with Crippen molar-refractivity contribution < 1.29 is 32.5 Å². The average molecular weight is 330 g/mol. The molecule has 0 amide bonds. The van der Waals surface area contributed by atoms with Gasteiger partial charge in [-0.05, 0) is 0 Å². The average Bonchev–Trinajstić information content (AvgIpc) is 2.25. The van der Waals surface area contributed by atoms with Gasteiger partial charge in [0, 0.05) is 17.1 Å². The molecule has 1 aromatic rings. The van der Waals surface area contributed by atoms with E-state index in [0.29, 0.717) is 0 Å². The number of pyridine rings is 1. The van der Waals surface area contributed by atoms with E-state index in [0.717, 1.165) is 13.3 Å². The molecule has 0 bridgehead atoms. The summed E-state index contributed by atoms with van der Waals surface area (Å²) < 4.78 is 45.1. The van der Waals surface area contributed by atoms with Gasteiger partial charge in [0.1, 0.15) is 0 Å². The van der Waals surface area contributed by atoms with Crippen LogP contribution in [-0.2, 0) is 5.33 Å². The summed E-state index contributed by atoms with van der Waals surface area (Å²) in [4.78, 5) is 14.2. The van der Waals surface area contributed by atoms with Crippen LogP contribution in [-0.4, -0.2) is 29.5 Å². The van der Waals surface area contributed by atoms with Gasteiger partial charge in [0.15, 0.2) is 11.4 Å². The fraction of sp³-hybridized carbons (Fsp3) is 0.333. The van der Waals surface area contributed by atoms with E-state index in [1.54, 1.807) is 0 Å². The van der Waals surface area contributed by atoms with Crippen LogP contribution in [0.4, 0.5) is 13.2 Å². The summed E-state index contributed by atoms with van der Waals surface area (Å²) in [5.41, 5.74) is -0.629. The highest BCUT2D eigenvalue weighted by molar-refractivity contribution is 9.08. The highest BCUT2D eigenvalue weighted by atomic mass is 79.9. The van der Waals surface area contributed by atoms with Crippen LogP contribution in [0.15, 0.2) is 6.20 Å². The van der Waals surface area contributed by atoms with Crippen molar-refractivity contribution in [3.8, 4) is 11.5 Å². The standard InChI is InChI=1S/C9H7BrF3NO4/c1-17-6-4(2-10)3-14-5(8(15)16)7(6)18-9(11,12)13/h3H,2H2,1H3,(H,15,16). The molecule has 18 heavy (non-hydrogen) atoms. The maximum Gasteiger partial charge on any atom is 0.573 e. The Labute approximate surface area is 108 Å². The van der Waals surface area contributed by atoms with Crippen LogP contribution in [0.2, 0.25) is 0 Å². The van der Waals surface area contributed by atoms with Crippen molar-refractivity contribution in [1.82, 2.24) is 4.98 Å². The molecule has 5 nitrogen and oxygen atoms in total. The van der Waals surface area contributed by atoms with Gasteiger partial charge in [-0.1, -0.05) is 15.9 Å². The second-order valence-corrected chi connectivity index (χ2v) is 3.54. The number of halogens is 4. The maximum absolute atomic E-state index is 12.2. The molecule has 0 radical (unpaired) electrons. The van der Waals surface area contributed by atoms with E-state index >= 15 is 0 Å². The number of nitrogens with zero attached hydrogens (tertiary/aromatic N) is 1. The molecule has 100 valence electrons. The number of aromatic nitrogens is 1. The molecule has 1 aromatic heterocycles. The fourth-order valence-electron chi connectivity index (χ4n) is 1.19. The maximum atomic E-state index is 12.2. The van der Waals surface area contributed by atoms with Crippen LogP contribution >= 0.6 is 15.9 Å². The Morgan fingerprint density at radius 1 is 1.50 bits per heavy atom. The third kappa shape index (κ3) is 3.25. The number of methoxy groups -OCH3 is 1. The quantitative estimate of drug-likeness (QED) is 0.860. The number of aromatic carboxylic acids is 1. The normalized spacial score (nSPS) is 11.2. The van der Waals surface area contributed by atoms with E-state index in [1.165, 1.54) is 0 Å². The second-order valence-electron chi connectivity index (χ2n) is 2.98. The molecular weight excluding hydrogens is 323 g/mol. The van der Waals surface area contributed by atoms with Crippen LogP contribution < -0.4 is 9.47 Å². The van der Waals surface area contributed by atoms with Gasteiger partial charge in [0.25, 0.3) is 0 Å². The molecule has 0 aromatic carbocycles. The molecule has 0 unspecified atom stereocenters. The van der Waals surface area contributed by atoms with Crippen molar-refractivity contribution >= 4 is 21.9 Å². The fourth-order valence-corrected chi connectivity index (χ4v) is 1.59. The van der Waals surface area contributed by atoms with Gasteiger partial charge < -0.3 is 14.6 Å². The third-order valence-corrected chi connectivity index (χ3v) is 2.44. The van der Waals surface area contributed by atoms with Crippen LogP contribution in [0.3, 0.4) is 0 Å². The summed E-state index contributed by atoms with van der Waals surface area (Å²) in [6, 6.07) is 0. The van der Waals surface area contributed by atoms with E-state index < -0.39 is 23.8 Å². The Balaban J connectivity index is 3.43. The van der Waals surface area contributed by atoms with Gasteiger partial charge in [-0.25, -0.2) is 9.78 Å². The SMILES string of the molecule is COc1c(CBr)cnc(C(=O)O)c1OC(F)(F)F. The minimum atomic E-state index is -5.04. The summed E-state index contributed by atoms with van der Waals surface area (Å²) in [5, 5.41) is 8.91. The predicted octanol–water partition coefficient (Wildman–Crippen LogP) is 2.58. The van der Waals surface area contributed by atoms with Crippen LogP contribution in [0, 0.1) is 0 Å². The van der Waals surface area contributed by atoms with Crippen molar-refractivity contribution in [2.24, 2.45) is 0 Å². The molecule has 0 spiro atoms. The predicted molar refractivity (Wildman–Crippen MR) is 57.1 cm³/mol. The molecule has 0 atom stereocenters.